The molecule has 0 radical (unpaired) electrons. The standard InChI is InChI=1S/C22H15N5O4/c1-30-20-12-14(8-9-19(20)31-22-18(27(28)29)7-4-10-24-22)11-15(13-23)21-25-16-5-2-3-6-17(16)26-21/h2-12H,1H3,(H,25,26). The molecule has 4 rings (SSSR count). The van der Waals surface area contributed by atoms with Gasteiger partial charge in [0, 0.05) is 12.3 Å². The second-order valence-electron chi connectivity index (χ2n) is 6.37. The molecule has 2 aromatic carbocycles. The summed E-state index contributed by atoms with van der Waals surface area (Å²) in [5.41, 5.74) is 2.34. The number of fused-ring (bicyclic) bond motifs is 1. The van der Waals surface area contributed by atoms with Crippen molar-refractivity contribution in [3.63, 3.8) is 0 Å². The Bertz CT molecular complexity index is 1320. The first-order valence-electron chi connectivity index (χ1n) is 9.11. The number of imidazole rings is 1. The molecule has 1 N–H and O–H groups in total. The highest BCUT2D eigenvalue weighted by molar-refractivity contribution is 5.90. The van der Waals surface area contributed by atoms with Crippen molar-refractivity contribution in [2.24, 2.45) is 0 Å². The van der Waals surface area contributed by atoms with Crippen LogP contribution in [0.15, 0.2) is 60.8 Å². The van der Waals surface area contributed by atoms with E-state index >= 15 is 0 Å². The fourth-order valence-corrected chi connectivity index (χ4v) is 2.96. The van der Waals surface area contributed by atoms with E-state index in [9.17, 15) is 15.4 Å². The van der Waals surface area contributed by atoms with Gasteiger partial charge in [-0.15, -0.1) is 0 Å². The molecule has 0 bridgehead atoms. The van der Waals surface area contributed by atoms with Crippen LogP contribution in [-0.2, 0) is 0 Å². The molecule has 2 aromatic heterocycles. The van der Waals surface area contributed by atoms with E-state index in [1.54, 1.807) is 24.3 Å². The highest BCUT2D eigenvalue weighted by Crippen LogP contribution is 2.35. The van der Waals surface area contributed by atoms with Crippen LogP contribution >= 0.6 is 0 Å². The average Bonchev–Trinajstić information content (AvgIpc) is 3.22. The average molecular weight is 413 g/mol. The molecule has 0 aliphatic rings. The Morgan fingerprint density at radius 2 is 2.03 bits per heavy atom. The summed E-state index contributed by atoms with van der Waals surface area (Å²) in [6, 6.07) is 17.4. The summed E-state index contributed by atoms with van der Waals surface area (Å²) in [5.74, 6) is 0.889. The SMILES string of the molecule is COc1cc(C=C(C#N)c2nc3ccccc3[nH]2)ccc1Oc1ncccc1[N+](=O)[O-]. The molecular weight excluding hydrogens is 398 g/mol. The van der Waals surface area contributed by atoms with Crippen molar-refractivity contribution in [2.45, 2.75) is 0 Å². The number of para-hydroxylation sites is 2. The molecule has 0 amide bonds. The van der Waals surface area contributed by atoms with Crippen LogP contribution in [0.3, 0.4) is 0 Å². The number of allylic oxidation sites excluding steroid dienone is 1. The molecule has 0 aliphatic carbocycles. The Kier molecular flexibility index (Phi) is 5.27. The molecule has 31 heavy (non-hydrogen) atoms. The van der Waals surface area contributed by atoms with Crippen molar-refractivity contribution >= 4 is 28.4 Å². The molecule has 0 fully saturated rings. The Balaban J connectivity index is 1.67. The van der Waals surface area contributed by atoms with Crippen LogP contribution in [0.2, 0.25) is 0 Å². The number of ether oxygens (including phenoxy) is 2. The van der Waals surface area contributed by atoms with E-state index in [4.69, 9.17) is 9.47 Å². The van der Waals surface area contributed by atoms with Gasteiger partial charge in [0.1, 0.15) is 11.9 Å². The number of rotatable bonds is 6. The fourth-order valence-electron chi connectivity index (χ4n) is 2.96. The number of H-pyrrole nitrogens is 1. The highest BCUT2D eigenvalue weighted by atomic mass is 16.6. The second kappa shape index (κ2) is 8.34. The summed E-state index contributed by atoms with van der Waals surface area (Å²) in [5, 5.41) is 20.8. The zero-order valence-electron chi connectivity index (χ0n) is 16.3. The van der Waals surface area contributed by atoms with E-state index in [0.29, 0.717) is 22.7 Å². The van der Waals surface area contributed by atoms with Crippen LogP contribution in [0.5, 0.6) is 17.4 Å². The molecule has 9 nitrogen and oxygen atoms in total. The van der Waals surface area contributed by atoms with E-state index in [0.717, 1.165) is 11.0 Å². The number of nitrogens with zero attached hydrogens (tertiary/aromatic N) is 4. The smallest absolute Gasteiger partial charge is 0.331 e. The van der Waals surface area contributed by atoms with Gasteiger partial charge in [-0.05, 0) is 42.0 Å². The van der Waals surface area contributed by atoms with E-state index in [2.05, 4.69) is 21.0 Å². The second-order valence-corrected chi connectivity index (χ2v) is 6.37. The lowest BCUT2D eigenvalue weighted by Crippen LogP contribution is -1.97. The minimum Gasteiger partial charge on any atom is -0.493 e. The van der Waals surface area contributed by atoms with E-state index in [1.807, 2.05) is 24.3 Å². The van der Waals surface area contributed by atoms with Gasteiger partial charge >= 0.3 is 5.69 Å². The third kappa shape index (κ3) is 4.04. The monoisotopic (exact) mass is 413 g/mol. The summed E-state index contributed by atoms with van der Waals surface area (Å²) in [7, 11) is 1.45. The molecule has 0 atom stereocenters. The van der Waals surface area contributed by atoms with Gasteiger partial charge in [-0.1, -0.05) is 18.2 Å². The Morgan fingerprint density at radius 3 is 2.77 bits per heavy atom. The number of aromatic amines is 1. The lowest BCUT2D eigenvalue weighted by Gasteiger charge is -2.10. The number of hydrogen-bond donors (Lipinski definition) is 1. The van der Waals surface area contributed by atoms with Crippen LogP contribution < -0.4 is 9.47 Å². The maximum Gasteiger partial charge on any atom is 0.331 e. The zero-order valence-corrected chi connectivity index (χ0v) is 16.3. The van der Waals surface area contributed by atoms with Gasteiger partial charge in [0.05, 0.1) is 28.6 Å². The van der Waals surface area contributed by atoms with E-state index in [-0.39, 0.29) is 17.3 Å². The molecule has 2 heterocycles. The first-order chi connectivity index (χ1) is 15.1. The van der Waals surface area contributed by atoms with Gasteiger partial charge in [0.15, 0.2) is 11.5 Å². The molecule has 9 heteroatoms. The first kappa shape index (κ1) is 19.6. The Hall–Kier alpha value is -4.71. The third-order valence-electron chi connectivity index (χ3n) is 4.42. The van der Waals surface area contributed by atoms with Gasteiger partial charge in [-0.25, -0.2) is 9.97 Å². The highest BCUT2D eigenvalue weighted by Gasteiger charge is 2.18. The summed E-state index contributed by atoms with van der Waals surface area (Å²) in [6.07, 6.45) is 3.06. The Morgan fingerprint density at radius 1 is 1.19 bits per heavy atom. The van der Waals surface area contributed by atoms with Gasteiger partial charge in [0.25, 0.3) is 5.88 Å². The van der Waals surface area contributed by atoms with Crippen LogP contribution in [-0.4, -0.2) is 27.0 Å². The van der Waals surface area contributed by atoms with Crippen molar-refractivity contribution in [2.75, 3.05) is 7.11 Å². The molecule has 0 saturated heterocycles. The summed E-state index contributed by atoms with van der Waals surface area (Å²) < 4.78 is 11.0. The molecule has 152 valence electrons. The maximum absolute atomic E-state index is 11.2. The molecule has 0 spiro atoms. The summed E-state index contributed by atoms with van der Waals surface area (Å²) in [6.45, 7) is 0. The number of aromatic nitrogens is 3. The molecule has 0 saturated carbocycles. The number of methoxy groups -OCH3 is 1. The number of hydrogen-bond acceptors (Lipinski definition) is 7. The number of pyridine rings is 1. The lowest BCUT2D eigenvalue weighted by atomic mass is 10.1. The fraction of sp³-hybridized carbons (Fsp3) is 0.0455. The quantitative estimate of drug-likeness (QED) is 0.275. The van der Waals surface area contributed by atoms with Gasteiger partial charge < -0.3 is 14.5 Å². The van der Waals surface area contributed by atoms with E-state index < -0.39 is 4.92 Å². The normalized spacial score (nSPS) is 11.2. The Labute approximate surface area is 176 Å². The zero-order chi connectivity index (χ0) is 21.8. The number of benzene rings is 2. The van der Waals surface area contributed by atoms with Crippen molar-refractivity contribution in [1.29, 1.82) is 5.26 Å². The van der Waals surface area contributed by atoms with Crippen molar-refractivity contribution in [1.82, 2.24) is 15.0 Å². The molecule has 4 aromatic rings. The lowest BCUT2D eigenvalue weighted by molar-refractivity contribution is -0.386. The van der Waals surface area contributed by atoms with Crippen LogP contribution in [0.25, 0.3) is 22.7 Å². The van der Waals surface area contributed by atoms with Crippen LogP contribution in [0.4, 0.5) is 5.69 Å². The van der Waals surface area contributed by atoms with Crippen molar-refractivity contribution < 1.29 is 14.4 Å². The predicted octanol–water partition coefficient (Wildman–Crippen LogP) is 4.73. The van der Waals surface area contributed by atoms with Crippen molar-refractivity contribution in [3.8, 4) is 23.4 Å². The summed E-state index contributed by atoms with van der Waals surface area (Å²) >= 11 is 0. The summed E-state index contributed by atoms with van der Waals surface area (Å²) in [4.78, 5) is 22.1. The van der Waals surface area contributed by atoms with Gasteiger partial charge in [-0.2, -0.15) is 5.26 Å². The molecular formula is C22H15N5O4. The van der Waals surface area contributed by atoms with Gasteiger partial charge in [0.2, 0.25) is 0 Å². The number of nitrogens with one attached hydrogen (secondary N) is 1. The van der Waals surface area contributed by atoms with Crippen molar-refractivity contribution in [3.05, 3.63) is 82.3 Å². The predicted molar refractivity (Wildman–Crippen MR) is 114 cm³/mol. The minimum absolute atomic E-state index is 0.144. The van der Waals surface area contributed by atoms with Gasteiger partial charge in [-0.3, -0.25) is 10.1 Å². The largest absolute Gasteiger partial charge is 0.493 e. The first-order valence-corrected chi connectivity index (χ1v) is 9.11. The number of nitriles is 1. The topological polar surface area (TPSA) is 127 Å². The van der Waals surface area contributed by atoms with Crippen LogP contribution in [0, 0.1) is 21.4 Å². The molecule has 0 aliphatic heterocycles. The van der Waals surface area contributed by atoms with Crippen LogP contribution in [0.1, 0.15) is 11.4 Å². The molecule has 0 unspecified atom stereocenters. The number of nitro groups is 1. The third-order valence-corrected chi connectivity index (χ3v) is 4.42. The van der Waals surface area contributed by atoms with E-state index in [1.165, 1.54) is 25.4 Å². The maximum atomic E-state index is 11.2. The minimum atomic E-state index is -0.571.